The molecule has 0 saturated heterocycles. The molecule has 0 bridgehead atoms. The van der Waals surface area contributed by atoms with Crippen LogP contribution in [0.2, 0.25) is 0 Å². The highest BCUT2D eigenvalue weighted by Gasteiger charge is 2.32. The number of aliphatic hydroxyl groups is 1. The fourth-order valence-electron chi connectivity index (χ4n) is 2.33. The van der Waals surface area contributed by atoms with Crippen molar-refractivity contribution in [3.05, 3.63) is 35.9 Å². The van der Waals surface area contributed by atoms with Gasteiger partial charge in [0, 0.05) is 13.1 Å². The van der Waals surface area contributed by atoms with Crippen molar-refractivity contribution in [3.63, 3.8) is 0 Å². The molecular formula is C15H23NO. The maximum Gasteiger partial charge on any atom is 0.0802 e. The molecule has 1 aliphatic rings. The number of hydrogen-bond donors (Lipinski definition) is 1. The fraction of sp³-hybridized carbons (Fsp3) is 0.600. The Hall–Kier alpha value is -0.860. The van der Waals surface area contributed by atoms with Crippen LogP contribution in [-0.2, 0) is 0 Å². The van der Waals surface area contributed by atoms with Gasteiger partial charge in [-0.3, -0.25) is 0 Å². The average Bonchev–Trinajstić information content (AvgIpc) is 3.03. The molecule has 0 heterocycles. The summed E-state index contributed by atoms with van der Waals surface area (Å²) in [5.41, 5.74) is 1.03. The van der Waals surface area contributed by atoms with E-state index in [1.54, 1.807) is 0 Å². The standard InChI is InChI=1S/C15H23NO/c1-12-10-14(12)11-16(2)9-8-15(17)13-6-4-3-5-7-13/h3-7,12,14-15,17H,8-11H2,1-2H3. The van der Waals surface area contributed by atoms with Crippen LogP contribution in [0.25, 0.3) is 0 Å². The highest BCUT2D eigenvalue weighted by Crippen LogP contribution is 2.38. The van der Waals surface area contributed by atoms with E-state index in [9.17, 15) is 5.11 Å². The summed E-state index contributed by atoms with van der Waals surface area (Å²) in [5.74, 6) is 1.81. The Morgan fingerprint density at radius 2 is 2.00 bits per heavy atom. The van der Waals surface area contributed by atoms with Gasteiger partial charge in [0.15, 0.2) is 0 Å². The quantitative estimate of drug-likeness (QED) is 0.816. The summed E-state index contributed by atoms with van der Waals surface area (Å²) < 4.78 is 0. The van der Waals surface area contributed by atoms with Gasteiger partial charge in [-0.2, -0.15) is 0 Å². The van der Waals surface area contributed by atoms with E-state index in [2.05, 4.69) is 18.9 Å². The summed E-state index contributed by atoms with van der Waals surface area (Å²) in [6.07, 6.45) is 1.88. The number of benzene rings is 1. The van der Waals surface area contributed by atoms with Crippen molar-refractivity contribution in [3.8, 4) is 0 Å². The van der Waals surface area contributed by atoms with Crippen LogP contribution in [0.15, 0.2) is 30.3 Å². The molecule has 2 rings (SSSR count). The van der Waals surface area contributed by atoms with Crippen LogP contribution < -0.4 is 0 Å². The zero-order valence-electron chi connectivity index (χ0n) is 10.8. The van der Waals surface area contributed by atoms with Gasteiger partial charge < -0.3 is 10.0 Å². The molecule has 1 aromatic rings. The zero-order valence-corrected chi connectivity index (χ0v) is 10.8. The van der Waals surface area contributed by atoms with Crippen LogP contribution in [0.4, 0.5) is 0 Å². The molecule has 2 heteroatoms. The summed E-state index contributed by atoms with van der Waals surface area (Å²) in [5, 5.41) is 10.0. The molecule has 94 valence electrons. The second kappa shape index (κ2) is 5.65. The van der Waals surface area contributed by atoms with Crippen molar-refractivity contribution in [2.75, 3.05) is 20.1 Å². The Balaban J connectivity index is 1.70. The summed E-state index contributed by atoms with van der Waals surface area (Å²) >= 11 is 0. The van der Waals surface area contributed by atoms with E-state index >= 15 is 0 Å². The third-order valence-electron chi connectivity index (χ3n) is 3.79. The lowest BCUT2D eigenvalue weighted by Gasteiger charge is -2.19. The predicted octanol–water partition coefficient (Wildman–Crippen LogP) is 2.70. The van der Waals surface area contributed by atoms with Crippen LogP contribution in [0.5, 0.6) is 0 Å². The monoisotopic (exact) mass is 233 g/mol. The van der Waals surface area contributed by atoms with Gasteiger partial charge in [0.25, 0.3) is 0 Å². The molecule has 0 aliphatic heterocycles. The molecule has 0 spiro atoms. The largest absolute Gasteiger partial charge is 0.388 e. The minimum Gasteiger partial charge on any atom is -0.388 e. The third-order valence-corrected chi connectivity index (χ3v) is 3.79. The van der Waals surface area contributed by atoms with Crippen LogP contribution >= 0.6 is 0 Å². The lowest BCUT2D eigenvalue weighted by molar-refractivity contribution is 0.147. The normalized spacial score (nSPS) is 24.9. The number of hydrogen-bond acceptors (Lipinski definition) is 2. The first kappa shape index (κ1) is 12.6. The molecule has 1 saturated carbocycles. The summed E-state index contributed by atoms with van der Waals surface area (Å²) in [7, 11) is 2.16. The number of nitrogens with zero attached hydrogens (tertiary/aromatic N) is 1. The molecule has 1 aromatic carbocycles. The van der Waals surface area contributed by atoms with Gasteiger partial charge in [0.1, 0.15) is 0 Å². The molecule has 1 N–H and O–H groups in total. The van der Waals surface area contributed by atoms with Crippen molar-refractivity contribution >= 4 is 0 Å². The third kappa shape index (κ3) is 3.83. The SMILES string of the molecule is CC1CC1CN(C)CCC(O)c1ccccc1. The number of aliphatic hydroxyl groups excluding tert-OH is 1. The topological polar surface area (TPSA) is 23.5 Å². The van der Waals surface area contributed by atoms with Crippen molar-refractivity contribution < 1.29 is 5.11 Å². The van der Waals surface area contributed by atoms with Crippen molar-refractivity contribution in [1.29, 1.82) is 0 Å². The Kier molecular flexibility index (Phi) is 4.19. The summed E-state index contributed by atoms with van der Waals surface area (Å²) in [6, 6.07) is 9.93. The van der Waals surface area contributed by atoms with Gasteiger partial charge in [-0.1, -0.05) is 37.3 Å². The lowest BCUT2D eigenvalue weighted by atomic mass is 10.1. The highest BCUT2D eigenvalue weighted by molar-refractivity contribution is 5.17. The van der Waals surface area contributed by atoms with Gasteiger partial charge in [-0.05, 0) is 37.3 Å². The molecule has 0 amide bonds. The van der Waals surface area contributed by atoms with E-state index in [0.717, 1.165) is 30.4 Å². The molecule has 1 aliphatic carbocycles. The maximum absolute atomic E-state index is 10.0. The molecule has 0 radical (unpaired) electrons. The molecule has 0 aromatic heterocycles. The maximum atomic E-state index is 10.0. The first-order valence-corrected chi connectivity index (χ1v) is 6.58. The van der Waals surface area contributed by atoms with E-state index in [1.807, 2.05) is 30.3 Å². The average molecular weight is 233 g/mol. The lowest BCUT2D eigenvalue weighted by Crippen LogP contribution is -2.24. The first-order chi connectivity index (χ1) is 8.16. The number of rotatable bonds is 6. The molecular weight excluding hydrogens is 210 g/mol. The second-order valence-corrected chi connectivity index (χ2v) is 5.45. The summed E-state index contributed by atoms with van der Waals surface area (Å²) in [4.78, 5) is 2.35. The highest BCUT2D eigenvalue weighted by atomic mass is 16.3. The van der Waals surface area contributed by atoms with E-state index in [-0.39, 0.29) is 6.10 Å². The van der Waals surface area contributed by atoms with Crippen molar-refractivity contribution in [2.24, 2.45) is 11.8 Å². The summed E-state index contributed by atoms with van der Waals surface area (Å²) in [6.45, 7) is 4.47. The Bertz CT molecular complexity index is 338. The zero-order chi connectivity index (χ0) is 12.3. The van der Waals surface area contributed by atoms with Gasteiger partial charge in [-0.15, -0.1) is 0 Å². The Morgan fingerprint density at radius 1 is 1.35 bits per heavy atom. The minimum absolute atomic E-state index is 0.324. The predicted molar refractivity (Wildman–Crippen MR) is 70.8 cm³/mol. The molecule has 1 fully saturated rings. The fourth-order valence-corrected chi connectivity index (χ4v) is 2.33. The van der Waals surface area contributed by atoms with E-state index in [1.165, 1.54) is 13.0 Å². The van der Waals surface area contributed by atoms with E-state index in [0.29, 0.717) is 0 Å². The van der Waals surface area contributed by atoms with Crippen molar-refractivity contribution in [1.82, 2.24) is 4.90 Å². The first-order valence-electron chi connectivity index (χ1n) is 6.58. The van der Waals surface area contributed by atoms with Crippen LogP contribution in [0.1, 0.15) is 31.4 Å². The van der Waals surface area contributed by atoms with Crippen LogP contribution in [0.3, 0.4) is 0 Å². The van der Waals surface area contributed by atoms with Gasteiger partial charge in [0.2, 0.25) is 0 Å². The second-order valence-electron chi connectivity index (χ2n) is 5.45. The van der Waals surface area contributed by atoms with Gasteiger partial charge in [-0.25, -0.2) is 0 Å². The van der Waals surface area contributed by atoms with Gasteiger partial charge >= 0.3 is 0 Å². The molecule has 3 unspecified atom stereocenters. The van der Waals surface area contributed by atoms with Crippen molar-refractivity contribution in [2.45, 2.75) is 25.9 Å². The Labute approximate surface area is 104 Å². The molecule has 17 heavy (non-hydrogen) atoms. The van der Waals surface area contributed by atoms with Gasteiger partial charge in [0.05, 0.1) is 6.10 Å². The van der Waals surface area contributed by atoms with E-state index in [4.69, 9.17) is 0 Å². The molecule has 3 atom stereocenters. The Morgan fingerprint density at radius 3 is 2.59 bits per heavy atom. The van der Waals surface area contributed by atoms with Crippen LogP contribution in [-0.4, -0.2) is 30.1 Å². The molecule has 2 nitrogen and oxygen atoms in total. The van der Waals surface area contributed by atoms with Crippen LogP contribution in [0, 0.1) is 11.8 Å². The van der Waals surface area contributed by atoms with E-state index < -0.39 is 0 Å². The minimum atomic E-state index is -0.324. The smallest absolute Gasteiger partial charge is 0.0802 e.